The lowest BCUT2D eigenvalue weighted by Crippen LogP contribution is -2.64. The van der Waals surface area contributed by atoms with Crippen molar-refractivity contribution in [1.29, 1.82) is 0 Å². The van der Waals surface area contributed by atoms with E-state index in [0.29, 0.717) is 17.4 Å². The fraction of sp³-hybridized carbons (Fsp3) is 0.828. The first-order chi connectivity index (χ1) is 19.1. The highest BCUT2D eigenvalue weighted by Gasteiger charge is 2.73. The molecule has 0 radical (unpaired) electrons. The van der Waals surface area contributed by atoms with E-state index in [9.17, 15) is 24.0 Å². The number of amides is 5. The average Bonchev–Trinajstić information content (AvgIpc) is 3.73. The maximum Gasteiger partial charge on any atom is 0.315 e. The second-order valence-electron chi connectivity index (χ2n) is 14.3. The standard InChI is InChI=1S/C29H48N6O5S/c1-28(2,3)23(32-27(40)33-29(16-41-6)12-8-7-9-13-29)26(39)34-15-19-21(35(19,4)5)20(34)25(38)31-18(14-17-10-11-17)22(36)24(30)37/h17-21,23H,7-16H2,1-6H3,(H4-,30,31,32,33,37,38,40)/p+1. The van der Waals surface area contributed by atoms with Gasteiger partial charge in [-0.1, -0.05) is 52.9 Å². The van der Waals surface area contributed by atoms with Gasteiger partial charge in [0.2, 0.25) is 17.6 Å². The molecule has 2 saturated heterocycles. The third-order valence-corrected chi connectivity index (χ3v) is 10.5. The Labute approximate surface area is 248 Å². The van der Waals surface area contributed by atoms with Crippen molar-refractivity contribution in [3.05, 3.63) is 0 Å². The Balaban J connectivity index is 1.52. The Bertz CT molecular complexity index is 1060. The van der Waals surface area contributed by atoms with E-state index in [1.807, 2.05) is 41.1 Å². The van der Waals surface area contributed by atoms with E-state index in [2.05, 4.69) is 16.0 Å². The van der Waals surface area contributed by atoms with Gasteiger partial charge in [0.05, 0.1) is 32.2 Å². The summed E-state index contributed by atoms with van der Waals surface area (Å²) >= 11 is 1.71. The molecule has 0 aromatic rings. The Morgan fingerprint density at radius 2 is 1.68 bits per heavy atom. The van der Waals surface area contributed by atoms with Gasteiger partial charge in [0.25, 0.3) is 5.91 Å². The first-order valence-corrected chi connectivity index (χ1v) is 16.4. The van der Waals surface area contributed by atoms with Gasteiger partial charge in [-0.2, -0.15) is 11.8 Å². The van der Waals surface area contributed by atoms with Crippen molar-refractivity contribution < 1.29 is 28.5 Å². The van der Waals surface area contributed by atoms with Gasteiger partial charge < -0.3 is 31.1 Å². The molecular formula is C29H49N6O5S+. The number of primary amides is 1. The summed E-state index contributed by atoms with van der Waals surface area (Å²) < 4.78 is 0.588. The van der Waals surface area contributed by atoms with Crippen molar-refractivity contribution in [2.24, 2.45) is 17.1 Å². The third kappa shape index (κ3) is 6.84. The maximum absolute atomic E-state index is 14.2. The molecule has 2 aliphatic heterocycles. The van der Waals surface area contributed by atoms with Crippen molar-refractivity contribution in [2.45, 2.75) is 108 Å². The minimum atomic E-state index is -1.07. The Hall–Kier alpha value is -2.34. The lowest BCUT2D eigenvalue weighted by molar-refractivity contribution is -0.788. The lowest BCUT2D eigenvalue weighted by Gasteiger charge is -2.40. The van der Waals surface area contributed by atoms with Crippen molar-refractivity contribution in [1.82, 2.24) is 20.9 Å². The minimum absolute atomic E-state index is 0.0740. The Morgan fingerprint density at radius 1 is 1.05 bits per heavy atom. The highest BCUT2D eigenvalue weighted by Crippen LogP contribution is 2.46. The number of hydrogen-bond donors (Lipinski definition) is 4. The topological polar surface area (TPSA) is 151 Å². The summed E-state index contributed by atoms with van der Waals surface area (Å²) in [6.07, 6.45) is 9.38. The van der Waals surface area contributed by atoms with E-state index < -0.39 is 41.1 Å². The molecule has 2 heterocycles. The fourth-order valence-electron chi connectivity index (χ4n) is 6.98. The number of fused-ring (bicyclic) bond motifs is 1. The monoisotopic (exact) mass is 593 g/mol. The largest absolute Gasteiger partial charge is 0.363 e. The predicted molar refractivity (Wildman–Crippen MR) is 158 cm³/mol. The number of quaternary nitrogens is 1. The SMILES string of the molecule is CSCC1(NC(=O)NC(C(=O)N2CC3C(C2C(=O)NC(CC2CC2)C(=O)C(N)=O)[N+]3(C)C)C(C)(C)C)CCCCC1. The van der Waals surface area contributed by atoms with Crippen LogP contribution in [0.2, 0.25) is 0 Å². The molecule has 2 aliphatic carbocycles. The molecule has 0 aromatic heterocycles. The summed E-state index contributed by atoms with van der Waals surface area (Å²) in [4.78, 5) is 67.2. The van der Waals surface area contributed by atoms with Crippen molar-refractivity contribution >= 4 is 41.3 Å². The zero-order valence-corrected chi connectivity index (χ0v) is 26.3. The lowest BCUT2D eigenvalue weighted by atomic mass is 9.83. The number of likely N-dealkylation sites (N-methyl/N-ethyl adjacent to an activating group) is 1. The second-order valence-corrected chi connectivity index (χ2v) is 15.1. The predicted octanol–water partition coefficient (Wildman–Crippen LogP) is 1.14. The van der Waals surface area contributed by atoms with Gasteiger partial charge in [0.15, 0.2) is 18.1 Å². The van der Waals surface area contributed by atoms with Crippen LogP contribution in [0.25, 0.3) is 0 Å². The summed E-state index contributed by atoms with van der Waals surface area (Å²) in [5.74, 6) is -1.57. The fourth-order valence-corrected chi connectivity index (χ4v) is 7.90. The molecule has 0 spiro atoms. The van der Waals surface area contributed by atoms with E-state index in [1.165, 1.54) is 0 Å². The smallest absolute Gasteiger partial charge is 0.315 e. The molecule has 0 bridgehead atoms. The molecule has 230 valence electrons. The summed E-state index contributed by atoms with van der Waals surface area (Å²) in [6, 6.07) is -3.11. The van der Waals surface area contributed by atoms with Crippen LogP contribution in [0.1, 0.15) is 72.1 Å². The molecule has 11 nitrogen and oxygen atoms in total. The van der Waals surface area contributed by atoms with Crippen molar-refractivity contribution in [3.8, 4) is 0 Å². The maximum atomic E-state index is 14.2. The molecule has 12 heteroatoms. The van der Waals surface area contributed by atoms with Gasteiger partial charge in [-0.3, -0.25) is 19.2 Å². The van der Waals surface area contributed by atoms with Gasteiger partial charge in [-0.25, -0.2) is 4.79 Å². The van der Waals surface area contributed by atoms with Crippen LogP contribution in [0.4, 0.5) is 4.79 Å². The quantitative estimate of drug-likeness (QED) is 0.160. The van der Waals surface area contributed by atoms with Crippen LogP contribution in [0.5, 0.6) is 0 Å². The number of nitrogens with one attached hydrogen (secondary N) is 3. The summed E-state index contributed by atoms with van der Waals surface area (Å²) in [5.41, 5.74) is 4.37. The summed E-state index contributed by atoms with van der Waals surface area (Å²) in [7, 11) is 4.05. The molecule has 4 rings (SSSR count). The van der Waals surface area contributed by atoms with Crippen LogP contribution in [0, 0.1) is 11.3 Å². The van der Waals surface area contributed by atoms with Crippen molar-refractivity contribution in [3.63, 3.8) is 0 Å². The zero-order valence-electron chi connectivity index (χ0n) is 25.5. The van der Waals surface area contributed by atoms with Crippen LogP contribution in [0.3, 0.4) is 0 Å². The molecule has 41 heavy (non-hydrogen) atoms. The number of thioether (sulfide) groups is 1. The molecule has 0 aromatic carbocycles. The van der Waals surface area contributed by atoms with E-state index >= 15 is 0 Å². The number of piperazine rings is 1. The first kappa shape index (κ1) is 31.6. The molecule has 5 amide bonds. The minimum Gasteiger partial charge on any atom is -0.363 e. The van der Waals surface area contributed by atoms with Gasteiger partial charge in [0, 0.05) is 5.75 Å². The van der Waals surface area contributed by atoms with Crippen molar-refractivity contribution in [2.75, 3.05) is 32.6 Å². The van der Waals surface area contributed by atoms with Crippen LogP contribution in [-0.2, 0) is 19.2 Å². The van der Waals surface area contributed by atoms with Crippen LogP contribution >= 0.6 is 11.8 Å². The molecule has 5 unspecified atom stereocenters. The number of carbonyl (C=O) groups is 5. The zero-order chi connectivity index (χ0) is 30.3. The van der Waals surface area contributed by atoms with E-state index in [0.717, 1.165) is 50.7 Å². The van der Waals surface area contributed by atoms with Gasteiger partial charge >= 0.3 is 6.03 Å². The van der Waals surface area contributed by atoms with Crippen LogP contribution in [0.15, 0.2) is 0 Å². The van der Waals surface area contributed by atoms with Gasteiger partial charge in [0.1, 0.15) is 6.04 Å². The second kappa shape index (κ2) is 11.7. The number of urea groups is 1. The normalized spacial score (nSPS) is 27.7. The highest BCUT2D eigenvalue weighted by atomic mass is 32.2. The van der Waals surface area contributed by atoms with Crippen LogP contribution < -0.4 is 21.7 Å². The molecular weight excluding hydrogens is 544 g/mol. The number of nitrogens with two attached hydrogens (primary N) is 1. The highest BCUT2D eigenvalue weighted by molar-refractivity contribution is 7.98. The number of rotatable bonds is 11. The number of likely N-dealkylation sites (tertiary alicyclic amines) is 1. The Morgan fingerprint density at radius 3 is 2.22 bits per heavy atom. The Kier molecular flexibility index (Phi) is 9.05. The summed E-state index contributed by atoms with van der Waals surface area (Å²) in [5, 5.41) is 8.98. The first-order valence-electron chi connectivity index (χ1n) is 15.0. The van der Waals surface area contributed by atoms with Gasteiger partial charge in [-0.05, 0) is 36.9 Å². The number of Topliss-reactive ketones (excluding diaryl/α,β-unsaturated/α-hetero) is 1. The van der Waals surface area contributed by atoms with Crippen LogP contribution in [-0.4, -0.2) is 107 Å². The number of hydrogen-bond acceptors (Lipinski definition) is 6. The molecule has 5 atom stereocenters. The van der Waals surface area contributed by atoms with E-state index in [-0.39, 0.29) is 35.5 Å². The van der Waals surface area contributed by atoms with E-state index in [1.54, 1.807) is 16.7 Å². The summed E-state index contributed by atoms with van der Waals surface area (Å²) in [6.45, 7) is 6.07. The molecule has 4 fully saturated rings. The molecule has 5 N–H and O–H groups in total. The number of ketones is 1. The van der Waals surface area contributed by atoms with Gasteiger partial charge in [-0.15, -0.1) is 0 Å². The van der Waals surface area contributed by atoms with E-state index in [4.69, 9.17) is 5.73 Å². The third-order valence-electron chi connectivity index (χ3n) is 9.66. The molecule has 4 aliphatic rings. The number of carbonyl (C=O) groups excluding carboxylic acids is 5. The molecule has 2 saturated carbocycles. The number of nitrogens with zero attached hydrogens (tertiary/aromatic N) is 2. The average molecular weight is 594 g/mol.